The van der Waals surface area contributed by atoms with Gasteiger partial charge in [0, 0.05) is 19.3 Å². The Balaban J connectivity index is 2.03. The highest BCUT2D eigenvalue weighted by Crippen LogP contribution is 2.28. The Morgan fingerprint density at radius 2 is 2.21 bits per heavy atom. The van der Waals surface area contributed by atoms with E-state index in [2.05, 4.69) is 18.8 Å². The van der Waals surface area contributed by atoms with Crippen molar-refractivity contribution in [2.24, 2.45) is 11.8 Å². The monoisotopic (exact) mass is 194 g/mol. The molecule has 0 aliphatic carbocycles. The van der Waals surface area contributed by atoms with Gasteiger partial charge in [-0.1, -0.05) is 13.8 Å². The molecule has 1 fully saturated rings. The van der Waals surface area contributed by atoms with Gasteiger partial charge in [0.15, 0.2) is 11.6 Å². The third-order valence-electron chi connectivity index (χ3n) is 2.89. The van der Waals surface area contributed by atoms with Crippen LogP contribution in [-0.2, 0) is 0 Å². The van der Waals surface area contributed by atoms with Gasteiger partial charge in [0.05, 0.1) is 0 Å². The maximum absolute atomic E-state index is 13.3. The van der Waals surface area contributed by atoms with Crippen molar-refractivity contribution in [1.82, 2.24) is 4.98 Å². The summed E-state index contributed by atoms with van der Waals surface area (Å²) >= 11 is 0. The number of hydrogen-bond donors (Lipinski definition) is 0. The highest BCUT2D eigenvalue weighted by Gasteiger charge is 2.31. The van der Waals surface area contributed by atoms with Gasteiger partial charge in [-0.2, -0.15) is 0 Å². The Hall–Kier alpha value is -1.12. The summed E-state index contributed by atoms with van der Waals surface area (Å²) in [6, 6.07) is 3.09. The van der Waals surface area contributed by atoms with Crippen LogP contribution >= 0.6 is 0 Å². The van der Waals surface area contributed by atoms with E-state index in [9.17, 15) is 4.39 Å². The van der Waals surface area contributed by atoms with Gasteiger partial charge in [0.1, 0.15) is 0 Å². The van der Waals surface area contributed by atoms with E-state index < -0.39 is 0 Å². The second-order valence-electron chi connectivity index (χ2n) is 4.22. The predicted octanol–water partition coefficient (Wildman–Crippen LogP) is 2.31. The van der Waals surface area contributed by atoms with Gasteiger partial charge in [-0.3, -0.25) is 0 Å². The van der Waals surface area contributed by atoms with E-state index in [1.54, 1.807) is 12.3 Å². The van der Waals surface area contributed by atoms with E-state index in [0.717, 1.165) is 13.1 Å². The summed E-state index contributed by atoms with van der Waals surface area (Å²) in [6.45, 7) is 6.28. The minimum atomic E-state index is -0.213. The van der Waals surface area contributed by atoms with Crippen LogP contribution in [0.5, 0.6) is 0 Å². The molecule has 1 aromatic rings. The van der Waals surface area contributed by atoms with E-state index in [4.69, 9.17) is 0 Å². The van der Waals surface area contributed by atoms with Crippen molar-refractivity contribution in [1.29, 1.82) is 0 Å². The molecule has 14 heavy (non-hydrogen) atoms. The molecule has 0 N–H and O–H groups in total. The highest BCUT2D eigenvalue weighted by molar-refractivity contribution is 5.42. The van der Waals surface area contributed by atoms with Gasteiger partial charge in [-0.05, 0) is 24.0 Å². The highest BCUT2D eigenvalue weighted by atomic mass is 19.1. The number of aromatic nitrogens is 1. The van der Waals surface area contributed by atoms with Crippen molar-refractivity contribution in [2.45, 2.75) is 13.8 Å². The summed E-state index contributed by atoms with van der Waals surface area (Å²) in [5, 5.41) is 0. The molecule has 0 bridgehead atoms. The second kappa shape index (κ2) is 3.56. The van der Waals surface area contributed by atoms with Crippen molar-refractivity contribution in [3.63, 3.8) is 0 Å². The molecule has 2 nitrogen and oxygen atoms in total. The minimum absolute atomic E-state index is 0.213. The van der Waals surface area contributed by atoms with E-state index in [-0.39, 0.29) is 5.82 Å². The first-order valence-corrected chi connectivity index (χ1v) is 5.04. The first kappa shape index (κ1) is 9.44. The maximum atomic E-state index is 13.3. The Bertz CT molecular complexity index is 319. The Kier molecular flexibility index (Phi) is 2.40. The summed E-state index contributed by atoms with van der Waals surface area (Å²) in [5.74, 6) is 1.66. The molecule has 2 heterocycles. The second-order valence-corrected chi connectivity index (χ2v) is 4.22. The first-order chi connectivity index (χ1) is 6.68. The van der Waals surface area contributed by atoms with Crippen molar-refractivity contribution in [3.05, 3.63) is 24.1 Å². The van der Waals surface area contributed by atoms with Gasteiger partial charge in [0.25, 0.3) is 0 Å². The van der Waals surface area contributed by atoms with E-state index in [0.29, 0.717) is 17.7 Å². The van der Waals surface area contributed by atoms with E-state index in [1.165, 1.54) is 6.07 Å². The molecule has 0 spiro atoms. The lowest BCUT2D eigenvalue weighted by Gasteiger charge is -2.42. The fourth-order valence-corrected chi connectivity index (χ4v) is 1.72. The molecule has 76 valence electrons. The maximum Gasteiger partial charge on any atom is 0.165 e. The van der Waals surface area contributed by atoms with Gasteiger partial charge < -0.3 is 4.90 Å². The normalized spacial score (nSPS) is 17.3. The number of anilines is 1. The third-order valence-corrected chi connectivity index (χ3v) is 2.89. The van der Waals surface area contributed by atoms with Gasteiger partial charge in [0.2, 0.25) is 0 Å². The lowest BCUT2D eigenvalue weighted by atomic mass is 9.88. The zero-order valence-corrected chi connectivity index (χ0v) is 8.57. The first-order valence-electron chi connectivity index (χ1n) is 5.04. The van der Waals surface area contributed by atoms with Crippen LogP contribution < -0.4 is 4.90 Å². The Morgan fingerprint density at radius 3 is 2.79 bits per heavy atom. The average molecular weight is 194 g/mol. The fraction of sp³-hybridized carbons (Fsp3) is 0.545. The Labute approximate surface area is 83.8 Å². The van der Waals surface area contributed by atoms with Crippen LogP contribution in [0.2, 0.25) is 0 Å². The molecule has 1 saturated heterocycles. The molecule has 1 aromatic heterocycles. The van der Waals surface area contributed by atoms with Crippen molar-refractivity contribution in [3.8, 4) is 0 Å². The van der Waals surface area contributed by atoms with Crippen molar-refractivity contribution >= 4 is 5.82 Å². The predicted molar refractivity (Wildman–Crippen MR) is 54.7 cm³/mol. The average Bonchev–Trinajstić information content (AvgIpc) is 2.05. The molecule has 0 atom stereocenters. The molecule has 0 saturated carbocycles. The fourth-order valence-electron chi connectivity index (χ4n) is 1.72. The number of halogens is 1. The lowest BCUT2D eigenvalue weighted by molar-refractivity contribution is 0.305. The molecular formula is C11H15FN2. The van der Waals surface area contributed by atoms with Crippen LogP contribution in [0.15, 0.2) is 18.3 Å². The summed E-state index contributed by atoms with van der Waals surface area (Å²) in [4.78, 5) is 6.04. The van der Waals surface area contributed by atoms with Crippen LogP contribution in [0.4, 0.5) is 10.2 Å². The summed E-state index contributed by atoms with van der Waals surface area (Å²) in [6.07, 6.45) is 1.64. The lowest BCUT2D eigenvalue weighted by Crippen LogP contribution is -2.49. The minimum Gasteiger partial charge on any atom is -0.353 e. The van der Waals surface area contributed by atoms with Crippen LogP contribution in [0.25, 0.3) is 0 Å². The molecule has 1 aliphatic heterocycles. The van der Waals surface area contributed by atoms with Gasteiger partial charge >= 0.3 is 0 Å². The summed E-state index contributed by atoms with van der Waals surface area (Å²) in [5.41, 5.74) is 0. The number of pyridine rings is 1. The molecule has 3 heteroatoms. The van der Waals surface area contributed by atoms with Crippen molar-refractivity contribution < 1.29 is 4.39 Å². The molecule has 1 aliphatic rings. The quantitative estimate of drug-likeness (QED) is 0.718. The van der Waals surface area contributed by atoms with Crippen LogP contribution in [-0.4, -0.2) is 18.1 Å². The summed E-state index contributed by atoms with van der Waals surface area (Å²) < 4.78 is 13.3. The van der Waals surface area contributed by atoms with Gasteiger partial charge in [-0.15, -0.1) is 0 Å². The summed E-state index contributed by atoms with van der Waals surface area (Å²) in [7, 11) is 0. The third kappa shape index (κ3) is 1.59. The zero-order chi connectivity index (χ0) is 10.1. The number of rotatable bonds is 2. The standard InChI is InChI=1S/C11H15FN2/c1-8(2)9-6-14(7-9)11-10(12)4-3-5-13-11/h3-5,8-9H,6-7H2,1-2H3. The van der Waals surface area contributed by atoms with Gasteiger partial charge in [-0.25, -0.2) is 9.37 Å². The van der Waals surface area contributed by atoms with E-state index in [1.807, 2.05) is 4.90 Å². The molecule has 0 unspecified atom stereocenters. The zero-order valence-electron chi connectivity index (χ0n) is 8.57. The van der Waals surface area contributed by atoms with Crippen LogP contribution in [0, 0.1) is 17.7 Å². The molecule has 2 rings (SSSR count). The largest absolute Gasteiger partial charge is 0.353 e. The number of hydrogen-bond acceptors (Lipinski definition) is 2. The van der Waals surface area contributed by atoms with E-state index >= 15 is 0 Å². The molecule has 0 radical (unpaired) electrons. The topological polar surface area (TPSA) is 16.1 Å². The van der Waals surface area contributed by atoms with Crippen LogP contribution in [0.3, 0.4) is 0 Å². The van der Waals surface area contributed by atoms with Crippen molar-refractivity contribution in [2.75, 3.05) is 18.0 Å². The number of nitrogens with zero attached hydrogens (tertiary/aromatic N) is 2. The Morgan fingerprint density at radius 1 is 1.50 bits per heavy atom. The SMILES string of the molecule is CC(C)C1CN(c2ncccc2F)C1. The smallest absolute Gasteiger partial charge is 0.165 e. The van der Waals surface area contributed by atoms with Crippen LogP contribution in [0.1, 0.15) is 13.8 Å². The molecular weight excluding hydrogens is 179 g/mol. The molecule has 0 aromatic carbocycles. The molecule has 0 amide bonds.